The fraction of sp³-hybridized carbons (Fsp3) is 0.222. The maximum absolute atomic E-state index is 12.9. The molecule has 0 saturated carbocycles. The third-order valence-corrected chi connectivity index (χ3v) is 3.38. The lowest BCUT2D eigenvalue weighted by atomic mass is 10.2. The van der Waals surface area contributed by atoms with E-state index in [-0.39, 0.29) is 5.56 Å². The van der Waals surface area contributed by atoms with Crippen LogP contribution in [0.4, 0.5) is 10.1 Å². The molecule has 0 aliphatic heterocycles. The number of carbonyl (C=O) groups excluding carboxylic acids is 2. The number of rotatable bonds is 6. The smallest absolute Gasteiger partial charge is 0.339 e. The first-order valence-electron chi connectivity index (χ1n) is 7.44. The van der Waals surface area contributed by atoms with E-state index in [4.69, 9.17) is 14.2 Å². The molecule has 0 heterocycles. The van der Waals surface area contributed by atoms with Crippen molar-refractivity contribution in [3.8, 4) is 11.5 Å². The van der Waals surface area contributed by atoms with E-state index in [1.165, 1.54) is 57.5 Å². The van der Waals surface area contributed by atoms with Gasteiger partial charge >= 0.3 is 5.97 Å². The topological polar surface area (TPSA) is 73.9 Å². The molecule has 0 aliphatic carbocycles. The van der Waals surface area contributed by atoms with Gasteiger partial charge in [0.2, 0.25) is 0 Å². The van der Waals surface area contributed by atoms with Crippen LogP contribution in [0.3, 0.4) is 0 Å². The van der Waals surface area contributed by atoms with Crippen LogP contribution in [0.25, 0.3) is 0 Å². The minimum atomic E-state index is -1.04. The molecule has 2 aromatic carbocycles. The summed E-state index contributed by atoms with van der Waals surface area (Å²) >= 11 is 0. The maximum atomic E-state index is 12.9. The molecule has 0 aliphatic rings. The Bertz CT molecular complexity index is 761. The molecule has 6 nitrogen and oxygen atoms in total. The number of ether oxygens (including phenoxy) is 3. The van der Waals surface area contributed by atoms with Crippen molar-refractivity contribution in [3.05, 3.63) is 53.8 Å². The van der Waals surface area contributed by atoms with Gasteiger partial charge in [0.05, 0.1) is 19.8 Å². The SMILES string of the molecule is COc1ccc(C(=O)O[C@@H](C)C(=O)Nc2ccc(F)cc2)cc1OC. The van der Waals surface area contributed by atoms with Crippen molar-refractivity contribution in [1.82, 2.24) is 0 Å². The molecular weight excluding hydrogens is 329 g/mol. The van der Waals surface area contributed by atoms with E-state index in [1.807, 2.05) is 0 Å². The Kier molecular flexibility index (Phi) is 5.94. The van der Waals surface area contributed by atoms with Gasteiger partial charge in [-0.15, -0.1) is 0 Å². The van der Waals surface area contributed by atoms with Crippen molar-refractivity contribution in [3.63, 3.8) is 0 Å². The van der Waals surface area contributed by atoms with E-state index in [0.29, 0.717) is 17.2 Å². The Hall–Kier alpha value is -3.09. The third-order valence-electron chi connectivity index (χ3n) is 3.38. The van der Waals surface area contributed by atoms with Crippen LogP contribution in [0.2, 0.25) is 0 Å². The van der Waals surface area contributed by atoms with Gasteiger partial charge in [-0.05, 0) is 49.4 Å². The van der Waals surface area contributed by atoms with Crippen molar-refractivity contribution in [1.29, 1.82) is 0 Å². The van der Waals surface area contributed by atoms with E-state index in [9.17, 15) is 14.0 Å². The maximum Gasteiger partial charge on any atom is 0.339 e. The highest BCUT2D eigenvalue weighted by molar-refractivity contribution is 5.97. The van der Waals surface area contributed by atoms with Gasteiger partial charge in [0, 0.05) is 5.69 Å². The Labute approximate surface area is 144 Å². The molecule has 2 aromatic rings. The lowest BCUT2D eigenvalue weighted by Crippen LogP contribution is -2.30. The van der Waals surface area contributed by atoms with Gasteiger partial charge in [0.1, 0.15) is 5.82 Å². The number of halogens is 1. The number of nitrogens with one attached hydrogen (secondary N) is 1. The number of methoxy groups -OCH3 is 2. The molecule has 25 heavy (non-hydrogen) atoms. The molecule has 2 rings (SSSR count). The fourth-order valence-electron chi connectivity index (χ4n) is 2.02. The second-order valence-corrected chi connectivity index (χ2v) is 5.11. The second-order valence-electron chi connectivity index (χ2n) is 5.11. The number of esters is 1. The summed E-state index contributed by atoms with van der Waals surface area (Å²) in [6.45, 7) is 1.44. The highest BCUT2D eigenvalue weighted by atomic mass is 19.1. The predicted octanol–water partition coefficient (Wildman–Crippen LogP) is 3.03. The third kappa shape index (κ3) is 4.69. The Morgan fingerprint density at radius 1 is 1.00 bits per heavy atom. The molecule has 0 unspecified atom stereocenters. The van der Waals surface area contributed by atoms with Crippen LogP contribution < -0.4 is 14.8 Å². The van der Waals surface area contributed by atoms with Gasteiger partial charge in [-0.2, -0.15) is 0 Å². The summed E-state index contributed by atoms with van der Waals surface area (Å²) in [5.74, 6) is -0.768. The highest BCUT2D eigenvalue weighted by Gasteiger charge is 2.20. The molecule has 7 heteroatoms. The van der Waals surface area contributed by atoms with Crippen molar-refractivity contribution in [2.24, 2.45) is 0 Å². The molecule has 0 fully saturated rings. The Morgan fingerprint density at radius 3 is 2.24 bits per heavy atom. The number of hydrogen-bond donors (Lipinski definition) is 1. The number of carbonyl (C=O) groups is 2. The average molecular weight is 347 g/mol. The molecule has 0 bridgehead atoms. The van der Waals surface area contributed by atoms with E-state index < -0.39 is 23.8 Å². The van der Waals surface area contributed by atoms with Crippen LogP contribution in [-0.4, -0.2) is 32.2 Å². The first-order chi connectivity index (χ1) is 11.9. The van der Waals surface area contributed by atoms with Gasteiger partial charge < -0.3 is 19.5 Å². The Morgan fingerprint density at radius 2 is 1.64 bits per heavy atom. The number of benzene rings is 2. The van der Waals surface area contributed by atoms with Crippen molar-refractivity contribution in [2.75, 3.05) is 19.5 Å². The molecule has 0 saturated heterocycles. The van der Waals surface area contributed by atoms with Crippen molar-refractivity contribution < 1.29 is 28.2 Å². The first-order valence-corrected chi connectivity index (χ1v) is 7.44. The summed E-state index contributed by atoms with van der Waals surface area (Å²) in [5, 5.41) is 2.54. The van der Waals surface area contributed by atoms with Gasteiger partial charge in [-0.25, -0.2) is 9.18 Å². The van der Waals surface area contributed by atoms with Crippen LogP contribution in [0.15, 0.2) is 42.5 Å². The molecular formula is C18H18FNO5. The summed E-state index contributed by atoms with van der Waals surface area (Å²) in [5.41, 5.74) is 0.625. The zero-order chi connectivity index (χ0) is 18.4. The van der Waals surface area contributed by atoms with E-state index in [2.05, 4.69) is 5.32 Å². The zero-order valence-corrected chi connectivity index (χ0v) is 14.0. The van der Waals surface area contributed by atoms with Crippen LogP contribution >= 0.6 is 0 Å². The molecule has 1 atom stereocenters. The highest BCUT2D eigenvalue weighted by Crippen LogP contribution is 2.27. The number of hydrogen-bond acceptors (Lipinski definition) is 5. The standard InChI is InChI=1S/C18H18FNO5/c1-11(17(21)20-14-7-5-13(19)6-8-14)25-18(22)12-4-9-15(23-2)16(10-12)24-3/h4-11H,1-3H3,(H,20,21)/t11-/m0/s1. The van der Waals surface area contributed by atoms with Crippen molar-refractivity contribution >= 4 is 17.6 Å². The number of amides is 1. The molecule has 0 aromatic heterocycles. The largest absolute Gasteiger partial charge is 0.493 e. The Balaban J connectivity index is 2.01. The van der Waals surface area contributed by atoms with Gasteiger partial charge in [0.25, 0.3) is 5.91 Å². The molecule has 0 radical (unpaired) electrons. The van der Waals surface area contributed by atoms with E-state index >= 15 is 0 Å². The quantitative estimate of drug-likeness (QED) is 0.813. The second kappa shape index (κ2) is 8.14. The predicted molar refractivity (Wildman–Crippen MR) is 89.5 cm³/mol. The fourth-order valence-corrected chi connectivity index (χ4v) is 2.02. The summed E-state index contributed by atoms with van der Waals surface area (Å²) in [7, 11) is 2.93. The summed E-state index contributed by atoms with van der Waals surface area (Å²) in [6.07, 6.45) is -1.04. The van der Waals surface area contributed by atoms with Crippen molar-refractivity contribution in [2.45, 2.75) is 13.0 Å². The summed E-state index contributed by atoms with van der Waals surface area (Å²) in [4.78, 5) is 24.2. The lowest BCUT2D eigenvalue weighted by Gasteiger charge is -2.14. The van der Waals surface area contributed by atoms with Crippen LogP contribution in [0.1, 0.15) is 17.3 Å². The summed E-state index contributed by atoms with van der Waals surface area (Å²) < 4.78 is 28.2. The van der Waals surface area contributed by atoms with Gasteiger partial charge in [-0.3, -0.25) is 4.79 Å². The lowest BCUT2D eigenvalue weighted by molar-refractivity contribution is -0.123. The molecule has 132 valence electrons. The first kappa shape index (κ1) is 18.3. The average Bonchev–Trinajstić information content (AvgIpc) is 2.62. The normalized spacial score (nSPS) is 11.4. The van der Waals surface area contributed by atoms with Gasteiger partial charge in [0.15, 0.2) is 17.6 Å². The molecule has 0 spiro atoms. The van der Waals surface area contributed by atoms with E-state index in [0.717, 1.165) is 0 Å². The minimum absolute atomic E-state index is 0.221. The molecule has 1 N–H and O–H groups in total. The van der Waals surface area contributed by atoms with Crippen LogP contribution in [-0.2, 0) is 9.53 Å². The molecule has 1 amide bonds. The monoisotopic (exact) mass is 347 g/mol. The van der Waals surface area contributed by atoms with Gasteiger partial charge in [-0.1, -0.05) is 0 Å². The summed E-state index contributed by atoms with van der Waals surface area (Å²) in [6, 6.07) is 9.80. The van der Waals surface area contributed by atoms with E-state index in [1.54, 1.807) is 6.07 Å². The van der Waals surface area contributed by atoms with Crippen LogP contribution in [0, 0.1) is 5.82 Å². The number of anilines is 1. The zero-order valence-electron chi connectivity index (χ0n) is 14.0. The minimum Gasteiger partial charge on any atom is -0.493 e. The van der Waals surface area contributed by atoms with Crippen LogP contribution in [0.5, 0.6) is 11.5 Å².